The highest BCUT2D eigenvalue weighted by Gasteiger charge is 2.08. The second kappa shape index (κ2) is 4.03. The van der Waals surface area contributed by atoms with Crippen molar-refractivity contribution in [3.63, 3.8) is 0 Å². The van der Waals surface area contributed by atoms with Gasteiger partial charge in [-0.05, 0) is 37.5 Å². The third-order valence-corrected chi connectivity index (χ3v) is 2.61. The summed E-state index contributed by atoms with van der Waals surface area (Å²) in [6.45, 7) is 1.96. The second-order valence-corrected chi connectivity index (χ2v) is 3.99. The predicted molar refractivity (Wildman–Crippen MR) is 60.2 cm³/mol. The highest BCUT2D eigenvalue weighted by molar-refractivity contribution is 5.83. The smallest absolute Gasteiger partial charge is 0.132 e. The van der Waals surface area contributed by atoms with Crippen molar-refractivity contribution in [2.75, 3.05) is 0 Å². The van der Waals surface area contributed by atoms with Gasteiger partial charge in [-0.15, -0.1) is 0 Å². The van der Waals surface area contributed by atoms with Gasteiger partial charge >= 0.3 is 0 Å². The average molecular weight is 206 g/mol. The Balaban J connectivity index is 2.35. The lowest BCUT2D eigenvalue weighted by Crippen LogP contribution is -2.15. The Hall–Kier alpha value is -1.35. The van der Waals surface area contributed by atoms with Gasteiger partial charge in [0.1, 0.15) is 5.82 Å². The van der Waals surface area contributed by atoms with Gasteiger partial charge in [-0.25, -0.2) is 4.39 Å². The van der Waals surface area contributed by atoms with Crippen LogP contribution < -0.4 is 5.73 Å². The standard InChI is InChI=1S/C12H15FN2/c1-8(14)5-6-9-7-15-11-4-2-3-10(13)12(9)11/h2-4,7-8,15H,5-6,14H2,1H3. The van der Waals surface area contributed by atoms with Gasteiger partial charge in [0.2, 0.25) is 0 Å². The molecular weight excluding hydrogens is 191 g/mol. The first-order valence-corrected chi connectivity index (χ1v) is 5.18. The van der Waals surface area contributed by atoms with Crippen molar-refractivity contribution < 1.29 is 4.39 Å². The molecule has 1 heterocycles. The van der Waals surface area contributed by atoms with E-state index in [1.807, 2.05) is 19.2 Å². The van der Waals surface area contributed by atoms with E-state index in [0.717, 1.165) is 23.9 Å². The molecule has 1 aromatic heterocycles. The lowest BCUT2D eigenvalue weighted by atomic mass is 10.1. The number of fused-ring (bicyclic) bond motifs is 1. The van der Waals surface area contributed by atoms with Crippen molar-refractivity contribution in [2.45, 2.75) is 25.8 Å². The molecule has 0 bridgehead atoms. The minimum Gasteiger partial charge on any atom is -0.361 e. The number of hydrogen-bond donors (Lipinski definition) is 2. The summed E-state index contributed by atoms with van der Waals surface area (Å²) in [5.41, 5.74) is 7.56. The molecule has 0 saturated carbocycles. The zero-order valence-corrected chi connectivity index (χ0v) is 8.76. The Morgan fingerprint density at radius 3 is 3.00 bits per heavy atom. The van der Waals surface area contributed by atoms with Gasteiger partial charge in [0.15, 0.2) is 0 Å². The molecule has 1 atom stereocenters. The summed E-state index contributed by atoms with van der Waals surface area (Å²) in [7, 11) is 0. The summed E-state index contributed by atoms with van der Waals surface area (Å²) >= 11 is 0. The van der Waals surface area contributed by atoms with Gasteiger partial charge in [0, 0.05) is 23.1 Å². The van der Waals surface area contributed by atoms with E-state index in [1.54, 1.807) is 6.07 Å². The van der Waals surface area contributed by atoms with Crippen molar-refractivity contribution in [2.24, 2.45) is 5.73 Å². The Morgan fingerprint density at radius 2 is 2.27 bits per heavy atom. The molecule has 0 radical (unpaired) electrons. The number of aryl methyl sites for hydroxylation is 1. The number of halogens is 1. The van der Waals surface area contributed by atoms with Crippen molar-refractivity contribution in [3.8, 4) is 0 Å². The summed E-state index contributed by atoms with van der Waals surface area (Å²) in [6, 6.07) is 5.24. The monoisotopic (exact) mass is 206 g/mol. The van der Waals surface area contributed by atoms with E-state index in [0.29, 0.717) is 5.39 Å². The third kappa shape index (κ3) is 2.02. The van der Waals surface area contributed by atoms with Crippen LogP contribution in [0.15, 0.2) is 24.4 Å². The fourth-order valence-corrected chi connectivity index (χ4v) is 1.79. The van der Waals surface area contributed by atoms with Crippen LogP contribution in [0.2, 0.25) is 0 Å². The maximum atomic E-state index is 13.6. The first-order valence-electron chi connectivity index (χ1n) is 5.18. The molecule has 2 aromatic rings. The van der Waals surface area contributed by atoms with Crippen LogP contribution >= 0.6 is 0 Å². The Kier molecular flexibility index (Phi) is 2.73. The van der Waals surface area contributed by atoms with Gasteiger partial charge in [-0.1, -0.05) is 6.07 Å². The van der Waals surface area contributed by atoms with Crippen LogP contribution in [0.3, 0.4) is 0 Å². The number of benzene rings is 1. The molecule has 2 rings (SSSR count). The van der Waals surface area contributed by atoms with Crippen LogP contribution in [0.5, 0.6) is 0 Å². The number of aromatic amines is 1. The minimum atomic E-state index is -0.159. The van der Waals surface area contributed by atoms with Crippen LogP contribution in [0.25, 0.3) is 10.9 Å². The van der Waals surface area contributed by atoms with Crippen molar-refractivity contribution in [1.82, 2.24) is 4.98 Å². The van der Waals surface area contributed by atoms with E-state index in [4.69, 9.17) is 5.73 Å². The maximum absolute atomic E-state index is 13.6. The van der Waals surface area contributed by atoms with Crippen molar-refractivity contribution in [1.29, 1.82) is 0 Å². The Morgan fingerprint density at radius 1 is 1.47 bits per heavy atom. The van der Waals surface area contributed by atoms with Crippen LogP contribution in [0.4, 0.5) is 4.39 Å². The zero-order valence-electron chi connectivity index (χ0n) is 8.76. The summed E-state index contributed by atoms with van der Waals surface area (Å²) in [5.74, 6) is -0.159. The van der Waals surface area contributed by atoms with Crippen LogP contribution in [0.1, 0.15) is 18.9 Å². The molecule has 0 aliphatic rings. The number of nitrogens with two attached hydrogens (primary N) is 1. The van der Waals surface area contributed by atoms with Gasteiger partial charge in [-0.2, -0.15) is 0 Å². The third-order valence-electron chi connectivity index (χ3n) is 2.61. The number of nitrogens with one attached hydrogen (secondary N) is 1. The first kappa shape index (κ1) is 10.2. The molecule has 3 N–H and O–H groups in total. The summed E-state index contributed by atoms with van der Waals surface area (Å²) in [6.07, 6.45) is 3.57. The largest absolute Gasteiger partial charge is 0.361 e. The zero-order chi connectivity index (χ0) is 10.8. The van der Waals surface area contributed by atoms with E-state index in [2.05, 4.69) is 4.98 Å². The average Bonchev–Trinajstić information content (AvgIpc) is 2.59. The highest BCUT2D eigenvalue weighted by atomic mass is 19.1. The number of H-pyrrole nitrogens is 1. The molecule has 3 heteroatoms. The lowest BCUT2D eigenvalue weighted by Gasteiger charge is -2.03. The number of rotatable bonds is 3. The topological polar surface area (TPSA) is 41.8 Å². The molecule has 1 unspecified atom stereocenters. The van der Waals surface area contributed by atoms with Gasteiger partial charge in [0.25, 0.3) is 0 Å². The molecular formula is C12H15FN2. The fourth-order valence-electron chi connectivity index (χ4n) is 1.79. The molecule has 1 aromatic carbocycles. The van der Waals surface area contributed by atoms with Gasteiger partial charge in [0.05, 0.1) is 0 Å². The molecule has 0 saturated heterocycles. The van der Waals surface area contributed by atoms with E-state index in [1.165, 1.54) is 6.07 Å². The molecule has 0 fully saturated rings. The second-order valence-electron chi connectivity index (χ2n) is 3.99. The van der Waals surface area contributed by atoms with Crippen LogP contribution in [-0.2, 0) is 6.42 Å². The Labute approximate surface area is 88.3 Å². The van der Waals surface area contributed by atoms with Crippen molar-refractivity contribution in [3.05, 3.63) is 35.8 Å². The van der Waals surface area contributed by atoms with Gasteiger partial charge < -0.3 is 10.7 Å². The van der Waals surface area contributed by atoms with Crippen LogP contribution in [-0.4, -0.2) is 11.0 Å². The quantitative estimate of drug-likeness (QED) is 0.796. The summed E-state index contributed by atoms with van der Waals surface area (Å²) in [4.78, 5) is 3.07. The highest BCUT2D eigenvalue weighted by Crippen LogP contribution is 2.22. The van der Waals surface area contributed by atoms with Gasteiger partial charge in [-0.3, -0.25) is 0 Å². The van der Waals surface area contributed by atoms with E-state index in [-0.39, 0.29) is 11.9 Å². The molecule has 15 heavy (non-hydrogen) atoms. The molecule has 0 aliphatic carbocycles. The predicted octanol–water partition coefficient (Wildman–Crippen LogP) is 2.59. The van der Waals surface area contributed by atoms with Crippen LogP contribution in [0, 0.1) is 5.82 Å². The normalized spacial score (nSPS) is 13.3. The number of aromatic nitrogens is 1. The Bertz CT molecular complexity index is 460. The van der Waals surface area contributed by atoms with E-state index >= 15 is 0 Å². The summed E-state index contributed by atoms with van der Waals surface area (Å²) < 4.78 is 13.6. The SMILES string of the molecule is CC(N)CCc1c[nH]c2cccc(F)c12. The fraction of sp³-hybridized carbons (Fsp3) is 0.333. The maximum Gasteiger partial charge on any atom is 0.132 e. The molecule has 0 spiro atoms. The molecule has 2 nitrogen and oxygen atoms in total. The van der Waals surface area contributed by atoms with Crippen molar-refractivity contribution >= 4 is 10.9 Å². The first-order chi connectivity index (χ1) is 7.18. The molecule has 0 amide bonds. The number of hydrogen-bond acceptors (Lipinski definition) is 1. The minimum absolute atomic E-state index is 0.154. The molecule has 0 aliphatic heterocycles. The van der Waals surface area contributed by atoms with E-state index in [9.17, 15) is 4.39 Å². The van der Waals surface area contributed by atoms with E-state index < -0.39 is 0 Å². The molecule has 80 valence electrons. The lowest BCUT2D eigenvalue weighted by molar-refractivity contribution is 0.635. The summed E-state index contributed by atoms with van der Waals surface area (Å²) in [5, 5.41) is 0.707.